The third-order valence-electron chi connectivity index (χ3n) is 3.26. The molecule has 0 fully saturated rings. The molecule has 0 aromatic rings. The van der Waals surface area contributed by atoms with Crippen LogP contribution in [-0.2, 0) is 0 Å². The van der Waals surface area contributed by atoms with Crippen molar-refractivity contribution in [3.05, 3.63) is 12.2 Å². The van der Waals surface area contributed by atoms with Gasteiger partial charge in [-0.15, -0.1) is 0 Å². The van der Waals surface area contributed by atoms with Crippen LogP contribution in [0.4, 0.5) is 0 Å². The maximum absolute atomic E-state index is 4.16. The Morgan fingerprint density at radius 3 is 1.94 bits per heavy atom. The van der Waals surface area contributed by atoms with Gasteiger partial charge in [-0.25, -0.2) is 0 Å². The molecule has 102 valence electrons. The number of rotatable bonds is 9. The quantitative estimate of drug-likeness (QED) is 0.415. The van der Waals surface area contributed by atoms with Gasteiger partial charge in [0.25, 0.3) is 0 Å². The van der Waals surface area contributed by atoms with Gasteiger partial charge in [0.1, 0.15) is 0 Å². The number of likely N-dealkylation sites (N-methyl/N-ethyl adjacent to an activating group) is 1. The highest BCUT2D eigenvalue weighted by Crippen LogP contribution is 2.17. The smallest absolute Gasteiger partial charge is 0.0299 e. The molecule has 0 saturated carbocycles. The largest absolute Gasteiger partial charge is 0.299 e. The molecule has 0 radical (unpaired) electrons. The van der Waals surface area contributed by atoms with E-state index >= 15 is 0 Å². The van der Waals surface area contributed by atoms with Crippen molar-refractivity contribution in [1.82, 2.24) is 4.90 Å². The molecule has 0 rings (SSSR count). The van der Waals surface area contributed by atoms with Crippen molar-refractivity contribution in [3.63, 3.8) is 0 Å². The molecule has 1 atom stereocenters. The van der Waals surface area contributed by atoms with Crippen LogP contribution in [0, 0.1) is 11.8 Å². The number of hydrogen-bond donors (Lipinski definition) is 0. The minimum absolute atomic E-state index is 0.574. The Kier molecular flexibility index (Phi) is 8.59. The van der Waals surface area contributed by atoms with Gasteiger partial charge in [-0.1, -0.05) is 59.1 Å². The van der Waals surface area contributed by atoms with Gasteiger partial charge in [0.15, 0.2) is 0 Å². The molecule has 1 unspecified atom stereocenters. The van der Waals surface area contributed by atoms with E-state index in [1.165, 1.54) is 37.8 Å². The zero-order valence-electron chi connectivity index (χ0n) is 12.9. The van der Waals surface area contributed by atoms with E-state index in [-0.39, 0.29) is 0 Å². The molecule has 0 aliphatic heterocycles. The number of unbranched alkanes of at least 4 members (excludes halogenated alkanes) is 1. The van der Waals surface area contributed by atoms with Crippen LogP contribution in [-0.4, -0.2) is 24.5 Å². The van der Waals surface area contributed by atoms with E-state index in [9.17, 15) is 0 Å². The average molecular weight is 239 g/mol. The van der Waals surface area contributed by atoms with Gasteiger partial charge in [0.2, 0.25) is 0 Å². The lowest BCUT2D eigenvalue weighted by molar-refractivity contribution is 0.228. The first-order valence-corrected chi connectivity index (χ1v) is 7.20. The second-order valence-electron chi connectivity index (χ2n) is 6.37. The van der Waals surface area contributed by atoms with Crippen LogP contribution in [0.3, 0.4) is 0 Å². The number of hydrogen-bond acceptors (Lipinski definition) is 1. The molecule has 0 bridgehead atoms. The molecule has 0 saturated heterocycles. The summed E-state index contributed by atoms with van der Waals surface area (Å²) in [5.74, 6) is 1.57. The number of nitrogens with zero attached hydrogens (tertiary/aromatic N) is 1. The molecular weight excluding hydrogens is 206 g/mol. The topological polar surface area (TPSA) is 3.24 Å². The van der Waals surface area contributed by atoms with E-state index in [0.29, 0.717) is 6.04 Å². The van der Waals surface area contributed by atoms with E-state index < -0.39 is 0 Å². The normalized spacial score (nSPS) is 13.7. The van der Waals surface area contributed by atoms with E-state index in [2.05, 4.69) is 53.1 Å². The maximum Gasteiger partial charge on any atom is 0.0299 e. The maximum atomic E-state index is 4.16. The van der Waals surface area contributed by atoms with E-state index in [0.717, 1.165) is 11.8 Å². The van der Waals surface area contributed by atoms with Crippen molar-refractivity contribution in [2.45, 2.75) is 66.3 Å². The van der Waals surface area contributed by atoms with Gasteiger partial charge >= 0.3 is 0 Å². The van der Waals surface area contributed by atoms with Gasteiger partial charge in [0, 0.05) is 12.6 Å². The molecule has 0 heterocycles. The van der Waals surface area contributed by atoms with E-state index in [1.807, 2.05) is 0 Å². The van der Waals surface area contributed by atoms with Gasteiger partial charge in [-0.3, -0.25) is 4.90 Å². The lowest BCUT2D eigenvalue weighted by Crippen LogP contribution is -2.35. The second kappa shape index (κ2) is 8.74. The SMILES string of the molecule is C=C(C)C(CCCCC(C)C)N(C)CC(C)C. The average Bonchev–Trinajstić information content (AvgIpc) is 2.14. The van der Waals surface area contributed by atoms with Crippen LogP contribution < -0.4 is 0 Å². The lowest BCUT2D eigenvalue weighted by Gasteiger charge is -2.30. The summed E-state index contributed by atoms with van der Waals surface area (Å²) in [6, 6.07) is 0.574. The fraction of sp³-hybridized carbons (Fsp3) is 0.875. The van der Waals surface area contributed by atoms with Gasteiger partial charge in [-0.05, 0) is 32.2 Å². The highest BCUT2D eigenvalue weighted by atomic mass is 15.1. The Hall–Kier alpha value is -0.300. The summed E-state index contributed by atoms with van der Waals surface area (Å²) in [6.45, 7) is 16.7. The molecular formula is C16H33N. The molecule has 1 nitrogen and oxygen atoms in total. The second-order valence-corrected chi connectivity index (χ2v) is 6.37. The van der Waals surface area contributed by atoms with Crippen molar-refractivity contribution in [2.75, 3.05) is 13.6 Å². The minimum Gasteiger partial charge on any atom is -0.299 e. The highest BCUT2D eigenvalue weighted by molar-refractivity contribution is 5.01. The summed E-state index contributed by atoms with van der Waals surface area (Å²) in [4.78, 5) is 2.47. The summed E-state index contributed by atoms with van der Waals surface area (Å²) in [6.07, 6.45) is 5.32. The van der Waals surface area contributed by atoms with Crippen LogP contribution in [0.5, 0.6) is 0 Å². The summed E-state index contributed by atoms with van der Waals surface area (Å²) in [7, 11) is 2.24. The predicted molar refractivity (Wildman–Crippen MR) is 79.4 cm³/mol. The van der Waals surface area contributed by atoms with Crippen LogP contribution in [0.2, 0.25) is 0 Å². The van der Waals surface area contributed by atoms with Crippen LogP contribution in [0.15, 0.2) is 12.2 Å². The molecule has 0 aromatic carbocycles. The minimum atomic E-state index is 0.574. The van der Waals surface area contributed by atoms with Crippen LogP contribution in [0.25, 0.3) is 0 Å². The molecule has 0 aromatic heterocycles. The first kappa shape index (κ1) is 16.7. The van der Waals surface area contributed by atoms with Crippen molar-refractivity contribution < 1.29 is 0 Å². The van der Waals surface area contributed by atoms with Gasteiger partial charge < -0.3 is 0 Å². The van der Waals surface area contributed by atoms with E-state index in [4.69, 9.17) is 0 Å². The van der Waals surface area contributed by atoms with Crippen molar-refractivity contribution >= 4 is 0 Å². The Bertz CT molecular complexity index is 206. The fourth-order valence-corrected chi connectivity index (χ4v) is 2.44. The first-order valence-electron chi connectivity index (χ1n) is 7.20. The third kappa shape index (κ3) is 8.43. The summed E-state index contributed by atoms with van der Waals surface area (Å²) >= 11 is 0. The zero-order chi connectivity index (χ0) is 13.4. The Morgan fingerprint density at radius 1 is 1.00 bits per heavy atom. The zero-order valence-corrected chi connectivity index (χ0v) is 12.9. The first-order chi connectivity index (χ1) is 7.84. The Balaban J connectivity index is 4.02. The molecule has 0 aliphatic carbocycles. The molecule has 0 aliphatic rings. The molecule has 0 amide bonds. The summed E-state index contributed by atoms with van der Waals surface area (Å²) in [5.41, 5.74) is 1.32. The van der Waals surface area contributed by atoms with Crippen molar-refractivity contribution in [2.24, 2.45) is 11.8 Å². The summed E-state index contributed by atoms with van der Waals surface area (Å²) in [5, 5.41) is 0. The van der Waals surface area contributed by atoms with Crippen LogP contribution >= 0.6 is 0 Å². The van der Waals surface area contributed by atoms with Gasteiger partial charge in [-0.2, -0.15) is 0 Å². The fourth-order valence-electron chi connectivity index (χ4n) is 2.44. The third-order valence-corrected chi connectivity index (χ3v) is 3.26. The highest BCUT2D eigenvalue weighted by Gasteiger charge is 2.15. The molecule has 17 heavy (non-hydrogen) atoms. The van der Waals surface area contributed by atoms with Crippen LogP contribution in [0.1, 0.15) is 60.3 Å². The Labute approximate surface area is 109 Å². The molecule has 1 heteroatoms. The Morgan fingerprint density at radius 2 is 1.53 bits per heavy atom. The molecule has 0 N–H and O–H groups in total. The summed E-state index contributed by atoms with van der Waals surface area (Å²) < 4.78 is 0. The standard InChI is InChI=1S/C16H33N/c1-13(2)10-8-9-11-16(15(5)6)17(7)12-14(3)4/h13-14,16H,5,8-12H2,1-4,6-7H3. The molecule has 0 spiro atoms. The van der Waals surface area contributed by atoms with Gasteiger partial charge in [0.05, 0.1) is 0 Å². The predicted octanol–water partition coefficient (Wildman–Crippen LogP) is 4.74. The van der Waals surface area contributed by atoms with Crippen molar-refractivity contribution in [1.29, 1.82) is 0 Å². The monoisotopic (exact) mass is 239 g/mol. The van der Waals surface area contributed by atoms with Crippen molar-refractivity contribution in [3.8, 4) is 0 Å². The lowest BCUT2D eigenvalue weighted by atomic mass is 9.98. The van der Waals surface area contributed by atoms with E-state index in [1.54, 1.807) is 0 Å².